The number of hydrogen-bond acceptors (Lipinski definition) is 4. The van der Waals surface area contributed by atoms with E-state index in [0.29, 0.717) is 24.3 Å². The summed E-state index contributed by atoms with van der Waals surface area (Å²) in [6, 6.07) is 6.91. The summed E-state index contributed by atoms with van der Waals surface area (Å²) in [5.74, 6) is -0.0732. The number of nitrogen functional groups attached to an aromatic ring is 1. The van der Waals surface area contributed by atoms with Crippen LogP contribution in [0.15, 0.2) is 24.3 Å². The van der Waals surface area contributed by atoms with Crippen molar-refractivity contribution in [1.82, 2.24) is 4.90 Å². The molecule has 1 aliphatic rings. The predicted molar refractivity (Wildman–Crippen MR) is 68.2 cm³/mol. The van der Waals surface area contributed by atoms with Crippen LogP contribution in [0.3, 0.4) is 0 Å². The van der Waals surface area contributed by atoms with E-state index < -0.39 is 0 Å². The molecule has 2 atom stereocenters. The van der Waals surface area contributed by atoms with E-state index in [0.717, 1.165) is 0 Å². The van der Waals surface area contributed by atoms with Crippen molar-refractivity contribution >= 4 is 11.6 Å². The summed E-state index contributed by atoms with van der Waals surface area (Å²) in [6.45, 7) is 2.76. The molecule has 5 nitrogen and oxygen atoms in total. The molecule has 0 aromatic heterocycles. The van der Waals surface area contributed by atoms with Crippen molar-refractivity contribution in [2.75, 3.05) is 25.4 Å². The molecule has 1 saturated heterocycles. The van der Waals surface area contributed by atoms with Crippen molar-refractivity contribution in [3.8, 4) is 0 Å². The molecule has 1 amide bonds. The molecule has 0 radical (unpaired) electrons. The summed E-state index contributed by atoms with van der Waals surface area (Å²) in [5.41, 5.74) is 6.81. The van der Waals surface area contributed by atoms with E-state index in [2.05, 4.69) is 0 Å². The number of rotatable bonds is 2. The lowest BCUT2D eigenvalue weighted by Gasteiger charge is -2.36. The van der Waals surface area contributed by atoms with Gasteiger partial charge in [0.25, 0.3) is 5.91 Å². The highest BCUT2D eigenvalue weighted by Gasteiger charge is 2.28. The van der Waals surface area contributed by atoms with Crippen LogP contribution in [-0.2, 0) is 4.74 Å². The van der Waals surface area contributed by atoms with E-state index >= 15 is 0 Å². The van der Waals surface area contributed by atoms with Crippen LogP contribution in [0, 0.1) is 0 Å². The van der Waals surface area contributed by atoms with Gasteiger partial charge in [0.05, 0.1) is 18.8 Å². The van der Waals surface area contributed by atoms with Crippen LogP contribution in [0.25, 0.3) is 0 Å². The van der Waals surface area contributed by atoms with Crippen LogP contribution in [-0.4, -0.2) is 47.8 Å². The fourth-order valence-electron chi connectivity index (χ4n) is 2.17. The third kappa shape index (κ3) is 2.80. The Morgan fingerprint density at radius 2 is 2.33 bits per heavy atom. The zero-order valence-corrected chi connectivity index (χ0v) is 10.4. The van der Waals surface area contributed by atoms with Gasteiger partial charge in [-0.25, -0.2) is 0 Å². The van der Waals surface area contributed by atoms with Gasteiger partial charge in [-0.3, -0.25) is 4.79 Å². The number of aliphatic hydroxyl groups is 1. The Balaban J connectivity index is 2.13. The van der Waals surface area contributed by atoms with E-state index in [9.17, 15) is 4.79 Å². The largest absolute Gasteiger partial charge is 0.399 e. The number of hydrogen-bond donors (Lipinski definition) is 2. The molecule has 0 aliphatic carbocycles. The molecular formula is C13H18N2O3. The molecular weight excluding hydrogens is 232 g/mol. The number of nitrogens with zero attached hydrogens (tertiary/aromatic N) is 1. The summed E-state index contributed by atoms with van der Waals surface area (Å²) in [7, 11) is 0. The van der Waals surface area contributed by atoms with Crippen LogP contribution >= 0.6 is 0 Å². The number of nitrogens with two attached hydrogens (primary N) is 1. The molecule has 1 heterocycles. The fourth-order valence-corrected chi connectivity index (χ4v) is 2.17. The summed E-state index contributed by atoms with van der Waals surface area (Å²) in [5, 5.41) is 9.14. The van der Waals surface area contributed by atoms with Gasteiger partial charge in [-0.05, 0) is 25.1 Å². The molecule has 18 heavy (non-hydrogen) atoms. The van der Waals surface area contributed by atoms with Crippen molar-refractivity contribution in [2.24, 2.45) is 0 Å². The quantitative estimate of drug-likeness (QED) is 0.749. The molecule has 1 fully saturated rings. The lowest BCUT2D eigenvalue weighted by atomic mass is 10.1. The average molecular weight is 250 g/mol. The Bertz CT molecular complexity index is 436. The third-order valence-corrected chi connectivity index (χ3v) is 2.95. The smallest absolute Gasteiger partial charge is 0.254 e. The molecule has 0 spiro atoms. The van der Waals surface area contributed by atoms with Crippen molar-refractivity contribution < 1.29 is 14.6 Å². The first-order valence-corrected chi connectivity index (χ1v) is 6.01. The number of morpholine rings is 1. The maximum Gasteiger partial charge on any atom is 0.254 e. The Kier molecular flexibility index (Phi) is 3.84. The van der Waals surface area contributed by atoms with E-state index in [4.69, 9.17) is 15.6 Å². The lowest BCUT2D eigenvalue weighted by molar-refractivity contribution is -0.0858. The maximum atomic E-state index is 12.3. The fraction of sp³-hybridized carbons (Fsp3) is 0.462. The number of ether oxygens (including phenoxy) is 1. The Labute approximate surface area is 106 Å². The minimum atomic E-state index is -0.307. The summed E-state index contributed by atoms with van der Waals surface area (Å²) >= 11 is 0. The number of anilines is 1. The Morgan fingerprint density at radius 1 is 1.56 bits per heavy atom. The average Bonchev–Trinajstić information content (AvgIpc) is 2.37. The molecule has 1 aliphatic heterocycles. The minimum absolute atomic E-state index is 0.0686. The number of amides is 1. The second kappa shape index (κ2) is 5.37. The summed E-state index contributed by atoms with van der Waals surface area (Å²) in [6.07, 6.45) is -0.375. The highest BCUT2D eigenvalue weighted by Crippen LogP contribution is 2.15. The van der Waals surface area contributed by atoms with Gasteiger partial charge in [-0.1, -0.05) is 6.07 Å². The SMILES string of the molecule is CC1CN(C(=O)c2cccc(N)c2)CC(CO)O1. The van der Waals surface area contributed by atoms with Gasteiger partial charge in [-0.2, -0.15) is 0 Å². The van der Waals surface area contributed by atoms with E-state index in [-0.39, 0.29) is 24.7 Å². The number of carbonyl (C=O) groups is 1. The molecule has 3 N–H and O–H groups in total. The molecule has 2 unspecified atom stereocenters. The molecule has 0 saturated carbocycles. The van der Waals surface area contributed by atoms with E-state index in [1.54, 1.807) is 29.2 Å². The van der Waals surface area contributed by atoms with Gasteiger partial charge in [0.15, 0.2) is 0 Å². The standard InChI is InChI=1S/C13H18N2O3/c1-9-6-15(7-12(8-16)18-9)13(17)10-3-2-4-11(14)5-10/h2-5,9,12,16H,6-8,14H2,1H3. The van der Waals surface area contributed by atoms with E-state index in [1.807, 2.05) is 6.92 Å². The van der Waals surface area contributed by atoms with Crippen LogP contribution in [0.4, 0.5) is 5.69 Å². The van der Waals surface area contributed by atoms with Crippen LogP contribution in [0.2, 0.25) is 0 Å². The molecule has 5 heteroatoms. The first kappa shape index (κ1) is 12.9. The van der Waals surface area contributed by atoms with Gasteiger partial charge in [0.2, 0.25) is 0 Å². The number of carbonyl (C=O) groups excluding carboxylic acids is 1. The molecule has 2 rings (SSSR count). The van der Waals surface area contributed by atoms with Gasteiger partial charge in [0.1, 0.15) is 0 Å². The molecule has 98 valence electrons. The number of benzene rings is 1. The monoisotopic (exact) mass is 250 g/mol. The number of aliphatic hydroxyl groups excluding tert-OH is 1. The van der Waals surface area contributed by atoms with Crippen LogP contribution < -0.4 is 5.73 Å². The first-order chi connectivity index (χ1) is 8.60. The maximum absolute atomic E-state index is 12.3. The lowest BCUT2D eigenvalue weighted by Crippen LogP contribution is -2.50. The van der Waals surface area contributed by atoms with Gasteiger partial charge >= 0.3 is 0 Å². The second-order valence-electron chi connectivity index (χ2n) is 4.59. The van der Waals surface area contributed by atoms with Crippen molar-refractivity contribution in [2.45, 2.75) is 19.1 Å². The van der Waals surface area contributed by atoms with Crippen molar-refractivity contribution in [3.63, 3.8) is 0 Å². The normalized spacial score (nSPS) is 24.0. The summed E-state index contributed by atoms with van der Waals surface area (Å²) in [4.78, 5) is 14.0. The minimum Gasteiger partial charge on any atom is -0.399 e. The van der Waals surface area contributed by atoms with Crippen LogP contribution in [0.1, 0.15) is 17.3 Å². The first-order valence-electron chi connectivity index (χ1n) is 6.01. The van der Waals surface area contributed by atoms with Crippen molar-refractivity contribution in [1.29, 1.82) is 0 Å². The Morgan fingerprint density at radius 3 is 3.00 bits per heavy atom. The predicted octanol–water partition coefficient (Wildman–Crippen LogP) is 0.491. The summed E-state index contributed by atoms with van der Waals surface area (Å²) < 4.78 is 5.51. The topological polar surface area (TPSA) is 75.8 Å². The zero-order chi connectivity index (χ0) is 13.1. The highest BCUT2D eigenvalue weighted by atomic mass is 16.5. The second-order valence-corrected chi connectivity index (χ2v) is 4.59. The molecule has 1 aromatic carbocycles. The zero-order valence-electron chi connectivity index (χ0n) is 10.4. The van der Waals surface area contributed by atoms with Gasteiger partial charge in [0, 0.05) is 24.3 Å². The van der Waals surface area contributed by atoms with Gasteiger partial charge in [-0.15, -0.1) is 0 Å². The van der Waals surface area contributed by atoms with Gasteiger partial charge < -0.3 is 20.5 Å². The van der Waals surface area contributed by atoms with E-state index in [1.165, 1.54) is 0 Å². The highest BCUT2D eigenvalue weighted by molar-refractivity contribution is 5.95. The molecule has 1 aromatic rings. The molecule has 0 bridgehead atoms. The third-order valence-electron chi connectivity index (χ3n) is 2.95. The van der Waals surface area contributed by atoms with Crippen molar-refractivity contribution in [3.05, 3.63) is 29.8 Å². The Hall–Kier alpha value is -1.59. The van der Waals surface area contributed by atoms with Crippen LogP contribution in [0.5, 0.6) is 0 Å².